The van der Waals surface area contributed by atoms with Crippen LogP contribution in [0.15, 0.2) is 0 Å². The number of piperidine rings is 1. The zero-order chi connectivity index (χ0) is 14.1. The van der Waals surface area contributed by atoms with E-state index in [1.165, 1.54) is 0 Å². The minimum Gasteiger partial charge on any atom is -0.481 e. The third-order valence-corrected chi connectivity index (χ3v) is 3.67. The van der Waals surface area contributed by atoms with Crippen molar-refractivity contribution in [3.05, 3.63) is 0 Å². The highest BCUT2D eigenvalue weighted by molar-refractivity contribution is 5.77. The highest BCUT2D eigenvalue weighted by Crippen LogP contribution is 2.22. The Labute approximate surface area is 114 Å². The Hall–Kier alpha value is -1.10. The fraction of sp³-hybridized carbons (Fsp3) is 0.857. The van der Waals surface area contributed by atoms with Gasteiger partial charge in [0, 0.05) is 32.5 Å². The number of amides is 1. The molecule has 110 valence electrons. The summed E-state index contributed by atoms with van der Waals surface area (Å²) in [6, 6.07) is 0. The Morgan fingerprint density at radius 1 is 1.16 bits per heavy atom. The summed E-state index contributed by atoms with van der Waals surface area (Å²) in [6.07, 6.45) is 5.96. The van der Waals surface area contributed by atoms with Gasteiger partial charge in [-0.2, -0.15) is 0 Å². The average molecular weight is 271 g/mol. The third-order valence-electron chi connectivity index (χ3n) is 3.67. The van der Waals surface area contributed by atoms with Gasteiger partial charge in [-0.3, -0.25) is 9.59 Å². The van der Waals surface area contributed by atoms with Crippen molar-refractivity contribution in [3.63, 3.8) is 0 Å². The van der Waals surface area contributed by atoms with E-state index >= 15 is 0 Å². The van der Waals surface area contributed by atoms with E-state index in [0.717, 1.165) is 45.2 Å². The van der Waals surface area contributed by atoms with Crippen molar-refractivity contribution in [2.45, 2.75) is 51.4 Å². The molecule has 1 saturated heterocycles. The van der Waals surface area contributed by atoms with E-state index in [1.54, 1.807) is 0 Å². The van der Waals surface area contributed by atoms with Crippen molar-refractivity contribution in [1.82, 2.24) is 4.90 Å². The molecule has 0 aromatic carbocycles. The van der Waals surface area contributed by atoms with Crippen molar-refractivity contribution in [2.24, 2.45) is 5.92 Å². The minimum absolute atomic E-state index is 0.0690. The maximum atomic E-state index is 11.9. The number of carbonyl (C=O) groups excluding carboxylic acids is 1. The zero-order valence-electron chi connectivity index (χ0n) is 11.5. The molecule has 5 heteroatoms. The van der Waals surface area contributed by atoms with Crippen molar-refractivity contribution in [3.8, 4) is 0 Å². The van der Waals surface area contributed by atoms with E-state index in [1.807, 2.05) is 4.90 Å². The molecule has 1 rings (SSSR count). The quantitative estimate of drug-likeness (QED) is 0.658. The molecule has 1 fully saturated rings. The number of hydrogen-bond donors (Lipinski definition) is 2. The van der Waals surface area contributed by atoms with E-state index in [4.69, 9.17) is 10.2 Å². The molecule has 5 nitrogen and oxygen atoms in total. The van der Waals surface area contributed by atoms with E-state index in [-0.39, 0.29) is 18.9 Å². The second-order valence-electron chi connectivity index (χ2n) is 5.31. The summed E-state index contributed by atoms with van der Waals surface area (Å²) in [6.45, 7) is 1.85. The number of aliphatic carboxylic acids is 1. The van der Waals surface area contributed by atoms with Crippen LogP contribution in [-0.4, -0.2) is 46.7 Å². The summed E-state index contributed by atoms with van der Waals surface area (Å²) >= 11 is 0. The van der Waals surface area contributed by atoms with Crippen LogP contribution in [0.1, 0.15) is 51.4 Å². The highest BCUT2D eigenvalue weighted by atomic mass is 16.4. The fourth-order valence-electron chi connectivity index (χ4n) is 2.62. The fourth-order valence-corrected chi connectivity index (χ4v) is 2.62. The molecule has 19 heavy (non-hydrogen) atoms. The van der Waals surface area contributed by atoms with Gasteiger partial charge in [0.25, 0.3) is 0 Å². The van der Waals surface area contributed by atoms with E-state index in [2.05, 4.69) is 0 Å². The van der Waals surface area contributed by atoms with Gasteiger partial charge in [0.05, 0.1) is 0 Å². The van der Waals surface area contributed by atoms with Crippen LogP contribution in [0, 0.1) is 5.92 Å². The van der Waals surface area contributed by atoms with Crippen LogP contribution in [-0.2, 0) is 9.59 Å². The second kappa shape index (κ2) is 8.91. The molecule has 0 bridgehead atoms. The topological polar surface area (TPSA) is 77.8 Å². The molecular formula is C14H25NO4. The lowest BCUT2D eigenvalue weighted by atomic mass is 9.92. The molecule has 0 aliphatic carbocycles. The Morgan fingerprint density at radius 3 is 2.63 bits per heavy atom. The SMILES string of the molecule is O=C(O)CCCC(=O)N1CCCC(CCCCO)C1. The molecule has 0 radical (unpaired) electrons. The molecule has 0 saturated carbocycles. The molecule has 1 heterocycles. The van der Waals surface area contributed by atoms with Gasteiger partial charge in [0.2, 0.25) is 5.91 Å². The van der Waals surface area contributed by atoms with Crippen LogP contribution in [0.3, 0.4) is 0 Å². The summed E-state index contributed by atoms with van der Waals surface area (Å²) in [7, 11) is 0. The number of carbonyl (C=O) groups is 2. The number of unbranched alkanes of at least 4 members (excludes halogenated alkanes) is 1. The van der Waals surface area contributed by atoms with Gasteiger partial charge in [0.1, 0.15) is 0 Å². The van der Waals surface area contributed by atoms with Gasteiger partial charge in [-0.25, -0.2) is 0 Å². The molecule has 0 aromatic heterocycles. The number of aliphatic hydroxyl groups is 1. The summed E-state index contributed by atoms with van der Waals surface area (Å²) < 4.78 is 0. The van der Waals surface area contributed by atoms with Crippen molar-refractivity contribution in [2.75, 3.05) is 19.7 Å². The molecule has 1 aliphatic rings. The molecule has 1 unspecified atom stereocenters. The summed E-state index contributed by atoms with van der Waals surface area (Å²) in [5.41, 5.74) is 0. The summed E-state index contributed by atoms with van der Waals surface area (Å²) in [5.74, 6) is -0.204. The predicted octanol–water partition coefficient (Wildman–Crippen LogP) is 1.64. The van der Waals surface area contributed by atoms with Crippen LogP contribution < -0.4 is 0 Å². The first-order valence-electron chi connectivity index (χ1n) is 7.24. The van der Waals surface area contributed by atoms with Crippen molar-refractivity contribution < 1.29 is 19.8 Å². The normalized spacial score (nSPS) is 19.4. The lowest BCUT2D eigenvalue weighted by Gasteiger charge is -2.33. The predicted molar refractivity (Wildman–Crippen MR) is 71.7 cm³/mol. The first-order valence-corrected chi connectivity index (χ1v) is 7.24. The van der Waals surface area contributed by atoms with Gasteiger partial charge in [0.15, 0.2) is 0 Å². The maximum absolute atomic E-state index is 11.9. The van der Waals surface area contributed by atoms with Gasteiger partial charge in [-0.15, -0.1) is 0 Å². The molecule has 2 N–H and O–H groups in total. The Bertz CT molecular complexity index is 293. The smallest absolute Gasteiger partial charge is 0.303 e. The lowest BCUT2D eigenvalue weighted by Crippen LogP contribution is -2.39. The highest BCUT2D eigenvalue weighted by Gasteiger charge is 2.22. The van der Waals surface area contributed by atoms with Gasteiger partial charge in [-0.05, 0) is 38.0 Å². The van der Waals surface area contributed by atoms with Gasteiger partial charge >= 0.3 is 5.97 Å². The van der Waals surface area contributed by atoms with Crippen molar-refractivity contribution in [1.29, 1.82) is 0 Å². The van der Waals surface area contributed by atoms with E-state index < -0.39 is 5.97 Å². The number of hydrogen-bond acceptors (Lipinski definition) is 3. The zero-order valence-corrected chi connectivity index (χ0v) is 11.5. The lowest BCUT2D eigenvalue weighted by molar-refractivity contribution is -0.137. The van der Waals surface area contributed by atoms with Crippen molar-refractivity contribution >= 4 is 11.9 Å². The van der Waals surface area contributed by atoms with Crippen LogP contribution >= 0.6 is 0 Å². The molecule has 1 atom stereocenters. The number of nitrogens with zero attached hydrogens (tertiary/aromatic N) is 1. The molecular weight excluding hydrogens is 246 g/mol. The van der Waals surface area contributed by atoms with E-state index in [0.29, 0.717) is 18.8 Å². The second-order valence-corrected chi connectivity index (χ2v) is 5.31. The standard InChI is InChI=1S/C14H25NO4/c16-10-2-1-5-12-6-4-9-15(11-12)13(17)7-3-8-14(18)19/h12,16H,1-11H2,(H,18,19). The maximum Gasteiger partial charge on any atom is 0.303 e. The number of likely N-dealkylation sites (tertiary alicyclic amines) is 1. The van der Waals surface area contributed by atoms with Gasteiger partial charge in [-0.1, -0.05) is 6.42 Å². The third kappa shape index (κ3) is 6.57. The Balaban J connectivity index is 2.24. The molecule has 0 spiro atoms. The molecule has 1 amide bonds. The first-order chi connectivity index (χ1) is 9.13. The summed E-state index contributed by atoms with van der Waals surface area (Å²) in [4.78, 5) is 24.2. The number of carboxylic acid groups (broad SMARTS) is 1. The van der Waals surface area contributed by atoms with Crippen LogP contribution in [0.25, 0.3) is 0 Å². The Kier molecular flexibility index (Phi) is 7.48. The largest absolute Gasteiger partial charge is 0.481 e. The minimum atomic E-state index is -0.840. The average Bonchev–Trinajstić information content (AvgIpc) is 2.39. The number of rotatable bonds is 8. The van der Waals surface area contributed by atoms with Crippen LogP contribution in [0.5, 0.6) is 0 Å². The van der Waals surface area contributed by atoms with Crippen LogP contribution in [0.2, 0.25) is 0 Å². The summed E-state index contributed by atoms with van der Waals surface area (Å²) in [5, 5.41) is 17.3. The number of carboxylic acids is 1. The molecule has 0 aromatic rings. The van der Waals surface area contributed by atoms with Gasteiger partial charge < -0.3 is 15.1 Å². The first kappa shape index (κ1) is 16.0. The Morgan fingerprint density at radius 2 is 1.95 bits per heavy atom. The monoisotopic (exact) mass is 271 g/mol. The van der Waals surface area contributed by atoms with Crippen LogP contribution in [0.4, 0.5) is 0 Å². The van der Waals surface area contributed by atoms with E-state index in [9.17, 15) is 9.59 Å². The number of aliphatic hydroxyl groups excluding tert-OH is 1. The molecule has 1 aliphatic heterocycles.